The first-order valence-corrected chi connectivity index (χ1v) is 5.31. The second-order valence-corrected chi connectivity index (χ2v) is 3.81. The molecule has 0 aliphatic carbocycles. The summed E-state index contributed by atoms with van der Waals surface area (Å²) < 4.78 is 0. The Morgan fingerprint density at radius 2 is 2.16 bits per heavy atom. The average molecular weight is 501 g/mol. The molecule has 0 saturated heterocycles. The summed E-state index contributed by atoms with van der Waals surface area (Å²) in [5, 5.41) is 0. The number of nitrogens with zero attached hydrogens (tertiary/aromatic N) is 1. The van der Waals surface area contributed by atoms with Gasteiger partial charge in [-0.2, -0.15) is 30.7 Å². The zero-order valence-corrected chi connectivity index (χ0v) is 15.9. The first-order chi connectivity index (χ1) is 8.27. The monoisotopic (exact) mass is 501 g/mol. The van der Waals surface area contributed by atoms with Gasteiger partial charge in [-0.3, -0.25) is 11.1 Å². The van der Waals surface area contributed by atoms with Crippen molar-refractivity contribution in [3.05, 3.63) is 35.4 Å². The van der Waals surface area contributed by atoms with E-state index in [1.807, 2.05) is 0 Å². The fraction of sp³-hybridized carbons (Fsp3) is 0.308. The van der Waals surface area contributed by atoms with E-state index >= 15 is 0 Å². The van der Waals surface area contributed by atoms with Gasteiger partial charge >= 0.3 is 0 Å². The fourth-order valence-corrected chi connectivity index (χ4v) is 1.93. The number of fused-ring (bicyclic) bond motifs is 1. The maximum Gasteiger partial charge on any atom is 0.196 e. The summed E-state index contributed by atoms with van der Waals surface area (Å²) in [6.07, 6.45) is 3.92. The van der Waals surface area contributed by atoms with E-state index in [-0.39, 0.29) is 72.5 Å². The van der Waals surface area contributed by atoms with Crippen molar-refractivity contribution in [2.45, 2.75) is 25.4 Å². The molecule has 4 nitrogen and oxygen atoms in total. The number of rotatable bonds is 5. The van der Waals surface area contributed by atoms with Crippen LogP contribution in [0.4, 0.5) is 0 Å². The van der Waals surface area contributed by atoms with Crippen molar-refractivity contribution < 1.29 is 68.2 Å². The second-order valence-electron chi connectivity index (χ2n) is 3.81. The molecule has 0 aromatic heterocycles. The van der Waals surface area contributed by atoms with Gasteiger partial charge in [0.25, 0.3) is 0 Å². The van der Waals surface area contributed by atoms with Crippen LogP contribution in [0.5, 0.6) is 0 Å². The van der Waals surface area contributed by atoms with Crippen LogP contribution in [-0.4, -0.2) is 29.4 Å². The van der Waals surface area contributed by atoms with Crippen LogP contribution in [0.25, 0.3) is 0 Å². The first kappa shape index (κ1) is 18.8. The molecule has 0 bridgehead atoms. The van der Waals surface area contributed by atoms with Crippen LogP contribution in [0.1, 0.15) is 28.8 Å². The number of carbonyl (C=O) groups is 1. The minimum absolute atomic E-state index is 0. The molecule has 6 heteroatoms. The maximum absolute atomic E-state index is 12.0. The van der Waals surface area contributed by atoms with Crippen LogP contribution >= 0.6 is 0 Å². The van der Waals surface area contributed by atoms with Crippen molar-refractivity contribution in [1.82, 2.24) is 4.90 Å². The molecule has 2 rings (SSSR count). The van der Waals surface area contributed by atoms with E-state index in [2.05, 4.69) is 6.07 Å². The molecular formula is C13H10NO3WY-3. The normalized spacial score (nSPS) is 13.9. The molecule has 1 radical (unpaired) electrons. The van der Waals surface area contributed by atoms with E-state index in [0.29, 0.717) is 12.1 Å². The molecule has 1 aromatic rings. The molecule has 0 saturated carbocycles. The summed E-state index contributed by atoms with van der Waals surface area (Å²) in [4.78, 5) is 34.4. The van der Waals surface area contributed by atoms with Gasteiger partial charge in [-0.15, -0.1) is 5.56 Å². The molecule has 1 atom stereocenters. The van der Waals surface area contributed by atoms with Crippen molar-refractivity contribution >= 4 is 18.5 Å². The van der Waals surface area contributed by atoms with Crippen LogP contribution < -0.4 is 0 Å². The van der Waals surface area contributed by atoms with Crippen LogP contribution in [0.15, 0.2) is 18.2 Å². The van der Waals surface area contributed by atoms with Crippen molar-refractivity contribution in [2.75, 3.05) is 0 Å². The van der Waals surface area contributed by atoms with Crippen molar-refractivity contribution in [1.29, 1.82) is 0 Å². The van der Waals surface area contributed by atoms with Crippen molar-refractivity contribution in [3.8, 4) is 0 Å². The van der Waals surface area contributed by atoms with Gasteiger partial charge in [0.15, 0.2) is 5.91 Å². The number of hydrogen-bond acceptors (Lipinski definition) is 3. The number of carbonyl (C=O) groups excluding carboxylic acids is 3. The Hall–Kier alpha value is -0.178. The van der Waals surface area contributed by atoms with Crippen molar-refractivity contribution in [2.24, 2.45) is 0 Å². The van der Waals surface area contributed by atoms with E-state index in [0.717, 1.165) is 5.56 Å². The SMILES string of the molecule is O=[C-]CCC([C-]=O)N1Cc2[c-]cccc2C1=O.[W].[Y]. The number of amides is 1. The molecule has 1 aromatic carbocycles. The van der Waals surface area contributed by atoms with Gasteiger partial charge in [-0.05, 0) is 0 Å². The molecule has 0 fully saturated rings. The van der Waals surface area contributed by atoms with Gasteiger partial charge in [0.05, 0.1) is 0 Å². The van der Waals surface area contributed by atoms with E-state index in [4.69, 9.17) is 0 Å². The Morgan fingerprint density at radius 3 is 2.74 bits per heavy atom. The van der Waals surface area contributed by atoms with Gasteiger partial charge < -0.3 is 14.5 Å². The molecule has 1 aliphatic heterocycles. The fourth-order valence-electron chi connectivity index (χ4n) is 1.93. The van der Waals surface area contributed by atoms with Gasteiger partial charge in [-0.1, -0.05) is 18.0 Å². The minimum atomic E-state index is -0.676. The summed E-state index contributed by atoms with van der Waals surface area (Å²) in [6, 6.07) is 7.47. The summed E-state index contributed by atoms with van der Waals surface area (Å²) >= 11 is 0. The third-order valence-electron chi connectivity index (χ3n) is 2.79. The van der Waals surface area contributed by atoms with Gasteiger partial charge in [-0.25, -0.2) is 6.29 Å². The largest absolute Gasteiger partial charge is 0.542 e. The summed E-state index contributed by atoms with van der Waals surface area (Å²) in [6.45, 7) is 0.355. The van der Waals surface area contributed by atoms with E-state index in [1.54, 1.807) is 30.8 Å². The van der Waals surface area contributed by atoms with Gasteiger partial charge in [0.1, 0.15) is 0 Å². The summed E-state index contributed by atoms with van der Waals surface area (Å²) in [5.74, 6) is -0.198. The Kier molecular flexibility index (Phi) is 8.80. The van der Waals surface area contributed by atoms with Crippen LogP contribution in [-0.2, 0) is 69.9 Å². The van der Waals surface area contributed by atoms with Gasteiger partial charge in [0.2, 0.25) is 0 Å². The zero-order valence-electron chi connectivity index (χ0n) is 10.1. The van der Waals surface area contributed by atoms with Gasteiger partial charge in [0, 0.05) is 60.3 Å². The molecule has 0 spiro atoms. The first-order valence-electron chi connectivity index (χ1n) is 5.31. The van der Waals surface area contributed by atoms with Crippen LogP contribution in [0, 0.1) is 6.07 Å². The zero-order chi connectivity index (χ0) is 12.3. The van der Waals surface area contributed by atoms with E-state index in [9.17, 15) is 14.4 Å². The quantitative estimate of drug-likeness (QED) is 0.562. The predicted molar refractivity (Wildman–Crippen MR) is 59.6 cm³/mol. The molecule has 0 N–H and O–H groups in total. The average Bonchev–Trinajstić information content (AvgIpc) is 2.69. The third-order valence-corrected chi connectivity index (χ3v) is 2.79. The Morgan fingerprint density at radius 1 is 1.42 bits per heavy atom. The van der Waals surface area contributed by atoms with Crippen LogP contribution in [0.3, 0.4) is 0 Å². The molecule has 1 amide bonds. The smallest absolute Gasteiger partial charge is 0.196 e. The van der Waals surface area contributed by atoms with Crippen molar-refractivity contribution in [3.63, 3.8) is 0 Å². The number of benzene rings is 1. The minimum Gasteiger partial charge on any atom is -0.542 e. The number of hydrogen-bond donors (Lipinski definition) is 0. The summed E-state index contributed by atoms with van der Waals surface area (Å²) in [7, 11) is 0. The third kappa shape index (κ3) is 4.14. The molecular weight excluding hydrogens is 491 g/mol. The Balaban J connectivity index is 0.00000162. The maximum atomic E-state index is 12.0. The molecule has 1 heterocycles. The topological polar surface area (TPSA) is 54.5 Å². The summed E-state index contributed by atoms with van der Waals surface area (Å²) in [5.41, 5.74) is 1.36. The Labute approximate surface area is 151 Å². The predicted octanol–water partition coefficient (Wildman–Crippen LogP) is 0.806. The van der Waals surface area contributed by atoms with E-state index < -0.39 is 6.04 Å². The standard InChI is InChI=1S/C13H10NO3.W.Y/c15-7-3-5-11(9-16)14-8-10-4-1-2-6-12(10)13(14)17;;/h1-2,6,11H,3,5,8H2;;/q-3;;. The Bertz CT molecular complexity index is 467. The molecule has 97 valence electrons. The molecule has 1 unspecified atom stereocenters. The van der Waals surface area contributed by atoms with Crippen LogP contribution in [0.2, 0.25) is 0 Å². The van der Waals surface area contributed by atoms with E-state index in [1.165, 1.54) is 4.90 Å². The molecule has 1 aliphatic rings. The molecule has 19 heavy (non-hydrogen) atoms. The second kappa shape index (κ2) is 8.89.